The minimum absolute atomic E-state index is 0.0194. The van der Waals surface area contributed by atoms with Crippen LogP contribution >= 0.6 is 0 Å². The maximum Gasteiger partial charge on any atom is 0.326 e. The van der Waals surface area contributed by atoms with Gasteiger partial charge in [-0.2, -0.15) is 0 Å². The number of amides is 7. The monoisotopic (exact) mass is 1030 g/mol. The standard InChI is InChI=1S/C47H72N12O14/c1-25(2)37(46(72)73)58-41(67)31(13-9-21-52-47(50)51)53-42(68)33(23-28-14-16-29(62)17-15-28)55-44(70)35(24-60)57-40(66)32(18-19-36(63)64)54-43(69)34(22-27-10-5-4-6-11-27)56-45(71)38(26(3)61)59-39(65)30(49)12-7-8-20-48/h4-6,10-11,14-17,25-26,30-35,37-38,60-62H,7-9,12-13,18-24,48-49H2,1-3H3,(H,53,68)(H,54,69)(H,55,70)(H,56,71)(H,57,66)(H,58,67)(H,59,65)(H,63,64)(H,72,73)(H4,50,51,52)/t26-,30+,31+,32+,33+,34+,35+,37+,38+/m1/s1. The van der Waals surface area contributed by atoms with Gasteiger partial charge in [-0.25, -0.2) is 4.79 Å². The van der Waals surface area contributed by atoms with Crippen LogP contribution in [-0.4, -0.2) is 159 Å². The molecule has 404 valence electrons. The Morgan fingerprint density at radius 2 is 1.05 bits per heavy atom. The van der Waals surface area contributed by atoms with Crippen LogP contribution < -0.4 is 60.2 Å². The normalized spacial score (nSPS) is 14.7. The molecule has 0 unspecified atom stereocenters. The Morgan fingerprint density at radius 1 is 0.575 bits per heavy atom. The molecule has 20 N–H and O–H groups in total. The highest BCUT2D eigenvalue weighted by Crippen LogP contribution is 2.14. The second kappa shape index (κ2) is 31.8. The number of unbranched alkanes of at least 4 members (excludes halogenated alkanes) is 1. The Morgan fingerprint density at radius 3 is 1.56 bits per heavy atom. The number of aliphatic hydroxyl groups excluding tert-OH is 2. The molecule has 9 atom stereocenters. The minimum atomic E-state index is -1.87. The van der Waals surface area contributed by atoms with Crippen LogP contribution in [0.5, 0.6) is 5.75 Å². The van der Waals surface area contributed by atoms with Crippen LogP contribution in [0.2, 0.25) is 0 Å². The number of hydrogen-bond acceptors (Lipinski definition) is 15. The number of nitrogens with zero attached hydrogens (tertiary/aromatic N) is 1. The molecule has 7 amide bonds. The van der Waals surface area contributed by atoms with E-state index in [1.54, 1.807) is 44.2 Å². The van der Waals surface area contributed by atoms with Crippen LogP contribution in [0.15, 0.2) is 59.6 Å². The van der Waals surface area contributed by atoms with Gasteiger partial charge < -0.3 is 85.7 Å². The lowest BCUT2D eigenvalue weighted by Crippen LogP contribution is -2.62. The molecule has 0 radical (unpaired) electrons. The van der Waals surface area contributed by atoms with Gasteiger partial charge in [-0.15, -0.1) is 0 Å². The number of nitrogens with one attached hydrogen (secondary N) is 7. The average molecular weight is 1030 g/mol. The highest BCUT2D eigenvalue weighted by Gasteiger charge is 2.36. The predicted octanol–water partition coefficient (Wildman–Crippen LogP) is -3.94. The SMILES string of the molecule is CC(C)[C@H](NC(=O)[C@H](CCCN=C(N)N)NC(=O)[C@H](Cc1ccc(O)cc1)NC(=O)[C@H](CO)NC(=O)[C@H](CCC(=O)O)NC(=O)[C@H](Cc1ccccc1)NC(=O)[C@@H](NC(=O)[C@@H](N)CCCCN)[C@@H](C)O)C(=O)O. The summed E-state index contributed by atoms with van der Waals surface area (Å²) in [6.07, 6.45) is -1.96. The van der Waals surface area contributed by atoms with Crippen LogP contribution in [0.3, 0.4) is 0 Å². The number of guanidine groups is 1. The van der Waals surface area contributed by atoms with E-state index < -0.39 is 133 Å². The van der Waals surface area contributed by atoms with E-state index in [0.717, 1.165) is 0 Å². The largest absolute Gasteiger partial charge is 0.508 e. The summed E-state index contributed by atoms with van der Waals surface area (Å²) < 4.78 is 0. The number of hydrogen-bond donors (Lipinski definition) is 16. The van der Waals surface area contributed by atoms with E-state index in [2.05, 4.69) is 42.2 Å². The molecule has 0 bridgehead atoms. The van der Waals surface area contributed by atoms with Gasteiger partial charge in [0.1, 0.15) is 48.0 Å². The third kappa shape index (κ3) is 22.7. The van der Waals surface area contributed by atoms with Crippen molar-refractivity contribution in [2.24, 2.45) is 33.8 Å². The van der Waals surface area contributed by atoms with Crippen LogP contribution in [0.4, 0.5) is 0 Å². The Bertz CT molecular complexity index is 2180. The number of aliphatic imine (C=N–C) groups is 1. The minimum Gasteiger partial charge on any atom is -0.508 e. The van der Waals surface area contributed by atoms with Gasteiger partial charge in [0.15, 0.2) is 5.96 Å². The summed E-state index contributed by atoms with van der Waals surface area (Å²) in [5.74, 6) is -10.7. The molecule has 0 aliphatic heterocycles. The molecule has 26 heteroatoms. The molecule has 73 heavy (non-hydrogen) atoms. The zero-order valence-corrected chi connectivity index (χ0v) is 41.1. The number of aromatic hydroxyl groups is 1. The van der Waals surface area contributed by atoms with Crippen molar-refractivity contribution in [2.75, 3.05) is 19.7 Å². The summed E-state index contributed by atoms with van der Waals surface area (Å²) in [7, 11) is 0. The Kier molecular flexibility index (Phi) is 26.9. The highest BCUT2D eigenvalue weighted by atomic mass is 16.4. The number of carbonyl (C=O) groups is 9. The van der Waals surface area contributed by atoms with Gasteiger partial charge >= 0.3 is 11.9 Å². The number of rotatable bonds is 33. The van der Waals surface area contributed by atoms with Crippen molar-refractivity contribution >= 4 is 59.2 Å². The molecule has 0 aliphatic carbocycles. The van der Waals surface area contributed by atoms with Gasteiger partial charge in [-0.1, -0.05) is 62.7 Å². The van der Waals surface area contributed by atoms with Crippen molar-refractivity contribution in [3.8, 4) is 5.75 Å². The van der Waals surface area contributed by atoms with E-state index in [1.165, 1.54) is 31.2 Å². The third-order valence-corrected chi connectivity index (χ3v) is 11.2. The van der Waals surface area contributed by atoms with Gasteiger partial charge in [0.05, 0.1) is 18.8 Å². The maximum absolute atomic E-state index is 14.1. The van der Waals surface area contributed by atoms with Crippen LogP contribution in [0.25, 0.3) is 0 Å². The summed E-state index contributed by atoms with van der Waals surface area (Å²) in [5, 5.41) is 67.0. The lowest BCUT2D eigenvalue weighted by atomic mass is 10.0. The molecular formula is C47H72N12O14. The number of nitrogens with two attached hydrogens (primary N) is 4. The molecule has 0 spiro atoms. The van der Waals surface area contributed by atoms with Gasteiger partial charge in [0.25, 0.3) is 0 Å². The molecule has 0 aliphatic rings. The van der Waals surface area contributed by atoms with Gasteiger partial charge in [0.2, 0.25) is 41.4 Å². The van der Waals surface area contributed by atoms with Crippen molar-refractivity contribution in [1.82, 2.24) is 37.2 Å². The Labute approximate surface area is 422 Å². The smallest absolute Gasteiger partial charge is 0.326 e. The van der Waals surface area contributed by atoms with E-state index in [4.69, 9.17) is 22.9 Å². The predicted molar refractivity (Wildman–Crippen MR) is 264 cm³/mol. The summed E-state index contributed by atoms with van der Waals surface area (Å²) in [6.45, 7) is 3.61. The highest BCUT2D eigenvalue weighted by molar-refractivity contribution is 5.98. The summed E-state index contributed by atoms with van der Waals surface area (Å²) in [6, 6.07) is 1.55. The number of carboxylic acid groups (broad SMARTS) is 2. The Balaban J connectivity index is 2.46. The van der Waals surface area contributed by atoms with Gasteiger partial charge in [-0.3, -0.25) is 43.3 Å². The van der Waals surface area contributed by atoms with Gasteiger partial charge in [-0.05, 0) is 74.8 Å². The number of benzene rings is 2. The molecular weight excluding hydrogens is 957 g/mol. The maximum atomic E-state index is 14.1. The van der Waals surface area contributed by atoms with E-state index in [-0.39, 0.29) is 50.4 Å². The zero-order chi connectivity index (χ0) is 54.8. The van der Waals surface area contributed by atoms with Crippen molar-refractivity contribution in [1.29, 1.82) is 0 Å². The zero-order valence-electron chi connectivity index (χ0n) is 41.1. The molecule has 0 saturated heterocycles. The number of carbonyl (C=O) groups excluding carboxylic acids is 7. The lowest BCUT2D eigenvalue weighted by Gasteiger charge is -2.28. The number of phenolic OH excluding ortho intramolecular Hbond substituents is 1. The number of carboxylic acids is 2. The van der Waals surface area contributed by atoms with Crippen molar-refractivity contribution < 1.29 is 68.7 Å². The van der Waals surface area contributed by atoms with E-state index >= 15 is 0 Å². The molecule has 2 aromatic rings. The van der Waals surface area contributed by atoms with Gasteiger partial charge in [0, 0.05) is 25.8 Å². The van der Waals surface area contributed by atoms with E-state index in [1.807, 2.05) is 0 Å². The molecule has 2 rings (SSSR count). The second-order valence-electron chi connectivity index (χ2n) is 17.6. The molecule has 0 heterocycles. The molecule has 0 saturated carbocycles. The molecule has 2 aromatic carbocycles. The van der Waals surface area contributed by atoms with Crippen LogP contribution in [0.1, 0.15) is 76.8 Å². The summed E-state index contributed by atoms with van der Waals surface area (Å²) >= 11 is 0. The second-order valence-corrected chi connectivity index (χ2v) is 17.6. The first-order chi connectivity index (χ1) is 34.5. The fourth-order valence-corrected chi connectivity index (χ4v) is 7.06. The number of phenols is 1. The van der Waals surface area contributed by atoms with E-state index in [9.17, 15) is 68.7 Å². The lowest BCUT2D eigenvalue weighted by molar-refractivity contribution is -0.143. The van der Waals surface area contributed by atoms with E-state index in [0.29, 0.717) is 30.5 Å². The summed E-state index contributed by atoms with van der Waals surface area (Å²) in [4.78, 5) is 124. The molecule has 0 fully saturated rings. The van der Waals surface area contributed by atoms with Crippen molar-refractivity contribution in [2.45, 2.75) is 133 Å². The fourth-order valence-electron chi connectivity index (χ4n) is 7.06. The van der Waals surface area contributed by atoms with Crippen LogP contribution in [0, 0.1) is 5.92 Å². The third-order valence-electron chi connectivity index (χ3n) is 11.2. The first-order valence-corrected chi connectivity index (χ1v) is 23.7. The molecule has 0 aromatic heterocycles. The molecule has 26 nitrogen and oxygen atoms in total. The summed E-state index contributed by atoms with van der Waals surface area (Å²) in [5.41, 5.74) is 23.2. The number of aliphatic hydroxyl groups is 2. The number of aliphatic carboxylic acids is 2. The first kappa shape index (κ1) is 61.7. The van der Waals surface area contributed by atoms with Crippen molar-refractivity contribution in [3.05, 3.63) is 65.7 Å². The fraction of sp³-hybridized carbons (Fsp3) is 0.532. The average Bonchev–Trinajstić information content (AvgIpc) is 3.33. The topological polar surface area (TPSA) is 455 Å². The Hall–Kier alpha value is -7.42. The van der Waals surface area contributed by atoms with Crippen molar-refractivity contribution in [3.63, 3.8) is 0 Å². The van der Waals surface area contributed by atoms with Crippen LogP contribution in [-0.2, 0) is 56.0 Å². The first-order valence-electron chi connectivity index (χ1n) is 23.7. The quantitative estimate of drug-likeness (QED) is 0.0184.